The molecule has 0 bridgehead atoms. The van der Waals surface area contributed by atoms with Gasteiger partial charge in [-0.05, 0) is 24.3 Å². The average Bonchev–Trinajstić information content (AvgIpc) is 2.80. The molecule has 3 rings (SSSR count). The Labute approximate surface area is 134 Å². The fourth-order valence-electron chi connectivity index (χ4n) is 2.58. The van der Waals surface area contributed by atoms with Crippen LogP contribution < -0.4 is 10.6 Å². The number of benzene rings is 2. The van der Waals surface area contributed by atoms with Crippen molar-refractivity contribution in [2.45, 2.75) is 12.3 Å². The first-order valence-electron chi connectivity index (χ1n) is 7.15. The fraction of sp³-hybridized carbons (Fsp3) is 0.250. The maximum Gasteiger partial charge on any atom is 0.261 e. The Hall–Kier alpha value is -1.49. The second-order valence-electron chi connectivity index (χ2n) is 5.46. The van der Waals surface area contributed by atoms with Crippen LogP contribution in [0.4, 0.5) is 4.39 Å². The molecule has 1 aliphatic rings. The third kappa shape index (κ3) is 3.39. The summed E-state index contributed by atoms with van der Waals surface area (Å²) in [6.07, 6.45) is -2.88. The molecule has 1 heterocycles. The first-order valence-corrected chi connectivity index (χ1v) is 10.6. The minimum absolute atomic E-state index is 0.419. The van der Waals surface area contributed by atoms with Gasteiger partial charge in [0.15, 0.2) is 9.84 Å². The van der Waals surface area contributed by atoms with E-state index in [0.717, 1.165) is 0 Å². The summed E-state index contributed by atoms with van der Waals surface area (Å²) in [5.41, 5.74) is 0. The van der Waals surface area contributed by atoms with Crippen LogP contribution in [0.2, 0.25) is 0 Å². The van der Waals surface area contributed by atoms with Crippen molar-refractivity contribution >= 4 is 27.8 Å². The van der Waals surface area contributed by atoms with E-state index in [4.69, 9.17) is 4.52 Å². The van der Waals surface area contributed by atoms with Gasteiger partial charge in [-0.25, -0.2) is 12.8 Å². The molecule has 0 spiro atoms. The smallest absolute Gasteiger partial charge is 0.261 e. The SMILES string of the molecule is O=P(OC1CS(=O)(=O)CC1F)(c1ccccc1)c1ccccc1. The molecule has 0 aromatic heterocycles. The molecule has 1 saturated heterocycles. The van der Waals surface area contributed by atoms with E-state index in [1.165, 1.54) is 0 Å². The van der Waals surface area contributed by atoms with Crippen molar-refractivity contribution in [1.82, 2.24) is 0 Å². The van der Waals surface area contributed by atoms with Crippen molar-refractivity contribution in [3.05, 3.63) is 60.7 Å². The summed E-state index contributed by atoms with van der Waals surface area (Å²) in [5, 5.41) is 0.838. The lowest BCUT2D eigenvalue weighted by molar-refractivity contribution is 0.148. The van der Waals surface area contributed by atoms with E-state index in [1.807, 2.05) is 0 Å². The van der Waals surface area contributed by atoms with E-state index in [1.54, 1.807) is 60.7 Å². The molecule has 122 valence electrons. The van der Waals surface area contributed by atoms with Gasteiger partial charge in [0.2, 0.25) is 0 Å². The number of halogens is 1. The van der Waals surface area contributed by atoms with E-state index in [-0.39, 0.29) is 0 Å². The molecule has 1 fully saturated rings. The summed E-state index contributed by atoms with van der Waals surface area (Å²) in [6, 6.07) is 17.0. The number of hydrogen-bond acceptors (Lipinski definition) is 4. The zero-order chi connectivity index (χ0) is 16.5. The maximum absolute atomic E-state index is 14.0. The highest BCUT2D eigenvalue weighted by atomic mass is 32.2. The van der Waals surface area contributed by atoms with Crippen LogP contribution in [-0.2, 0) is 18.9 Å². The molecular weight excluding hydrogens is 338 g/mol. The summed E-state index contributed by atoms with van der Waals surface area (Å²) in [4.78, 5) is 0. The third-order valence-corrected chi connectivity index (χ3v) is 7.90. The number of alkyl halides is 1. The predicted molar refractivity (Wildman–Crippen MR) is 88.2 cm³/mol. The number of rotatable bonds is 4. The summed E-state index contributed by atoms with van der Waals surface area (Å²) < 4.78 is 56.4. The van der Waals surface area contributed by atoms with E-state index < -0.39 is 41.0 Å². The first kappa shape index (κ1) is 16.4. The van der Waals surface area contributed by atoms with Gasteiger partial charge in [0, 0.05) is 10.6 Å². The molecule has 2 aromatic carbocycles. The van der Waals surface area contributed by atoms with Gasteiger partial charge in [0.1, 0.15) is 12.3 Å². The average molecular weight is 354 g/mol. The van der Waals surface area contributed by atoms with Gasteiger partial charge in [-0.3, -0.25) is 4.57 Å². The van der Waals surface area contributed by atoms with Crippen LogP contribution in [-0.4, -0.2) is 32.2 Å². The molecular formula is C16H16FO4PS. The lowest BCUT2D eigenvalue weighted by atomic mass is 10.3. The van der Waals surface area contributed by atoms with E-state index >= 15 is 0 Å². The lowest BCUT2D eigenvalue weighted by Gasteiger charge is -2.23. The predicted octanol–water partition coefficient (Wildman–Crippen LogP) is 2.07. The van der Waals surface area contributed by atoms with Crippen molar-refractivity contribution in [2.24, 2.45) is 0 Å². The highest BCUT2D eigenvalue weighted by Crippen LogP contribution is 2.47. The van der Waals surface area contributed by atoms with Crippen molar-refractivity contribution in [3.63, 3.8) is 0 Å². The van der Waals surface area contributed by atoms with Gasteiger partial charge in [-0.15, -0.1) is 0 Å². The minimum Gasteiger partial charge on any atom is -0.315 e. The molecule has 7 heteroatoms. The molecule has 0 N–H and O–H groups in total. The second-order valence-corrected chi connectivity index (χ2v) is 9.96. The Kier molecular flexibility index (Phi) is 4.41. The second kappa shape index (κ2) is 6.19. The summed E-state index contributed by atoms with van der Waals surface area (Å²) >= 11 is 0. The quantitative estimate of drug-likeness (QED) is 0.789. The third-order valence-electron chi connectivity index (χ3n) is 3.71. The lowest BCUT2D eigenvalue weighted by Crippen LogP contribution is -2.28. The zero-order valence-electron chi connectivity index (χ0n) is 12.2. The van der Waals surface area contributed by atoms with Crippen LogP contribution in [0.1, 0.15) is 0 Å². The van der Waals surface area contributed by atoms with Gasteiger partial charge < -0.3 is 4.52 Å². The van der Waals surface area contributed by atoms with Gasteiger partial charge >= 0.3 is 0 Å². The van der Waals surface area contributed by atoms with Crippen LogP contribution in [0.5, 0.6) is 0 Å². The summed E-state index contributed by atoms with van der Waals surface area (Å²) in [5.74, 6) is -1.03. The molecule has 2 unspecified atom stereocenters. The molecule has 0 radical (unpaired) electrons. The van der Waals surface area contributed by atoms with Gasteiger partial charge in [0.05, 0.1) is 11.5 Å². The molecule has 4 nitrogen and oxygen atoms in total. The van der Waals surface area contributed by atoms with Crippen LogP contribution in [0.15, 0.2) is 60.7 Å². The Balaban J connectivity index is 2.02. The van der Waals surface area contributed by atoms with Crippen LogP contribution in [0.25, 0.3) is 0 Å². The Morgan fingerprint density at radius 3 is 1.78 bits per heavy atom. The van der Waals surface area contributed by atoms with E-state index in [0.29, 0.717) is 10.6 Å². The molecule has 1 aliphatic heterocycles. The van der Waals surface area contributed by atoms with Crippen LogP contribution in [0.3, 0.4) is 0 Å². The van der Waals surface area contributed by atoms with Crippen molar-refractivity contribution < 1.29 is 21.9 Å². The summed E-state index contributed by atoms with van der Waals surface area (Å²) in [7, 11) is -7.07. The largest absolute Gasteiger partial charge is 0.315 e. The van der Waals surface area contributed by atoms with Crippen LogP contribution in [0, 0.1) is 0 Å². The number of sulfone groups is 1. The van der Waals surface area contributed by atoms with Crippen molar-refractivity contribution in [1.29, 1.82) is 0 Å². The zero-order valence-corrected chi connectivity index (χ0v) is 13.9. The maximum atomic E-state index is 14.0. The van der Waals surface area contributed by atoms with Gasteiger partial charge in [-0.2, -0.15) is 0 Å². The molecule has 0 aliphatic carbocycles. The highest BCUT2D eigenvalue weighted by molar-refractivity contribution is 7.91. The molecule has 2 atom stereocenters. The molecule has 0 amide bonds. The molecule has 23 heavy (non-hydrogen) atoms. The van der Waals surface area contributed by atoms with Crippen LogP contribution >= 0.6 is 7.37 Å². The molecule has 0 saturated carbocycles. The fourth-order valence-corrected chi connectivity index (χ4v) is 6.55. The minimum atomic E-state index is -3.57. The van der Waals surface area contributed by atoms with E-state index in [9.17, 15) is 17.4 Å². The highest BCUT2D eigenvalue weighted by Gasteiger charge is 2.43. The summed E-state index contributed by atoms with van der Waals surface area (Å²) in [6.45, 7) is 0. The Morgan fingerprint density at radius 1 is 0.913 bits per heavy atom. The Morgan fingerprint density at radius 2 is 1.39 bits per heavy atom. The van der Waals surface area contributed by atoms with Crippen molar-refractivity contribution in [3.8, 4) is 0 Å². The first-order chi connectivity index (χ1) is 10.9. The molecule has 2 aromatic rings. The topological polar surface area (TPSA) is 60.4 Å². The monoisotopic (exact) mass is 354 g/mol. The van der Waals surface area contributed by atoms with Gasteiger partial charge in [-0.1, -0.05) is 36.4 Å². The van der Waals surface area contributed by atoms with E-state index in [2.05, 4.69) is 0 Å². The Bertz CT molecular complexity index is 780. The van der Waals surface area contributed by atoms with Crippen molar-refractivity contribution in [2.75, 3.05) is 11.5 Å². The van der Waals surface area contributed by atoms with Gasteiger partial charge in [0.25, 0.3) is 7.37 Å². The number of hydrogen-bond donors (Lipinski definition) is 0. The standard InChI is InChI=1S/C16H16FO4PS/c17-15-11-23(19,20)12-16(15)21-22(18,13-7-3-1-4-8-13)14-9-5-2-6-10-14/h1-10,15-16H,11-12H2. The normalized spacial score (nSPS) is 23.7.